The lowest BCUT2D eigenvalue weighted by Crippen LogP contribution is -1.99. The molecular weight excluding hydrogens is 160 g/mol. The summed E-state index contributed by atoms with van der Waals surface area (Å²) in [6.07, 6.45) is 0. The average molecular weight is 178 g/mol. The highest BCUT2D eigenvalue weighted by atomic mass is 16.5. The molecule has 0 aliphatic heterocycles. The van der Waals surface area contributed by atoms with Crippen molar-refractivity contribution in [3.05, 3.63) is 28.8 Å². The first-order valence-electron chi connectivity index (χ1n) is 4.72. The lowest BCUT2D eigenvalue weighted by Gasteiger charge is -2.16. The molecule has 0 unspecified atom stereocenters. The first-order chi connectivity index (χ1) is 6.07. The Hall–Kier alpha value is -0.980. The Kier molecular flexibility index (Phi) is 2.97. The van der Waals surface area contributed by atoms with Crippen molar-refractivity contribution < 1.29 is 4.74 Å². The average Bonchev–Trinajstić information content (AvgIpc) is 2.08. The molecule has 0 aliphatic carbocycles. The van der Waals surface area contributed by atoms with Crippen molar-refractivity contribution in [2.24, 2.45) is 0 Å². The molecule has 1 heteroatoms. The van der Waals surface area contributed by atoms with Gasteiger partial charge in [0.05, 0.1) is 7.11 Å². The first kappa shape index (κ1) is 10.1. The lowest BCUT2D eigenvalue weighted by molar-refractivity contribution is 0.407. The largest absolute Gasteiger partial charge is 0.496 e. The molecule has 0 fully saturated rings. The standard InChI is InChI=1S/C12H18O/c1-8(2)12-10(4)9(3)6-7-11(12)13-5/h6-8H,1-5H3. The molecule has 0 saturated heterocycles. The molecular formula is C12H18O. The molecule has 0 amide bonds. The van der Waals surface area contributed by atoms with Crippen LogP contribution in [0.5, 0.6) is 5.75 Å². The second kappa shape index (κ2) is 3.82. The molecule has 0 spiro atoms. The minimum atomic E-state index is 0.523. The minimum absolute atomic E-state index is 0.523. The maximum absolute atomic E-state index is 5.34. The van der Waals surface area contributed by atoms with Gasteiger partial charge in [-0.1, -0.05) is 19.9 Å². The van der Waals surface area contributed by atoms with Crippen LogP contribution in [0.3, 0.4) is 0 Å². The fourth-order valence-electron chi connectivity index (χ4n) is 1.71. The van der Waals surface area contributed by atoms with Crippen LogP contribution >= 0.6 is 0 Å². The third-order valence-corrected chi connectivity index (χ3v) is 2.54. The zero-order valence-corrected chi connectivity index (χ0v) is 9.14. The van der Waals surface area contributed by atoms with Crippen LogP contribution in [0.15, 0.2) is 12.1 Å². The molecule has 1 rings (SSSR count). The summed E-state index contributed by atoms with van der Waals surface area (Å²) in [5.74, 6) is 1.54. The summed E-state index contributed by atoms with van der Waals surface area (Å²) >= 11 is 0. The van der Waals surface area contributed by atoms with Gasteiger partial charge in [0.25, 0.3) is 0 Å². The van der Waals surface area contributed by atoms with E-state index in [2.05, 4.69) is 39.8 Å². The molecule has 0 heterocycles. The van der Waals surface area contributed by atoms with Gasteiger partial charge in [-0.2, -0.15) is 0 Å². The van der Waals surface area contributed by atoms with Crippen molar-refractivity contribution >= 4 is 0 Å². The van der Waals surface area contributed by atoms with Crippen molar-refractivity contribution in [1.29, 1.82) is 0 Å². The van der Waals surface area contributed by atoms with E-state index in [9.17, 15) is 0 Å². The molecule has 0 radical (unpaired) electrons. The summed E-state index contributed by atoms with van der Waals surface area (Å²) in [5, 5.41) is 0. The van der Waals surface area contributed by atoms with E-state index in [1.54, 1.807) is 7.11 Å². The highest BCUT2D eigenvalue weighted by Gasteiger charge is 2.11. The van der Waals surface area contributed by atoms with E-state index in [1.165, 1.54) is 16.7 Å². The van der Waals surface area contributed by atoms with Crippen LogP contribution in [0.2, 0.25) is 0 Å². The first-order valence-corrected chi connectivity index (χ1v) is 4.72. The Bertz CT molecular complexity index is 300. The number of rotatable bonds is 2. The van der Waals surface area contributed by atoms with Gasteiger partial charge in [-0.25, -0.2) is 0 Å². The van der Waals surface area contributed by atoms with E-state index < -0.39 is 0 Å². The topological polar surface area (TPSA) is 9.23 Å². The van der Waals surface area contributed by atoms with Crippen LogP contribution in [-0.2, 0) is 0 Å². The second-order valence-corrected chi connectivity index (χ2v) is 3.78. The van der Waals surface area contributed by atoms with Gasteiger partial charge in [0.1, 0.15) is 5.75 Å². The quantitative estimate of drug-likeness (QED) is 0.674. The summed E-state index contributed by atoms with van der Waals surface area (Å²) in [5.41, 5.74) is 4.03. The van der Waals surface area contributed by atoms with Crippen LogP contribution in [0, 0.1) is 13.8 Å². The maximum Gasteiger partial charge on any atom is 0.122 e. The van der Waals surface area contributed by atoms with Crippen molar-refractivity contribution in [1.82, 2.24) is 0 Å². The van der Waals surface area contributed by atoms with E-state index in [4.69, 9.17) is 4.74 Å². The summed E-state index contributed by atoms with van der Waals surface area (Å²) < 4.78 is 5.34. The minimum Gasteiger partial charge on any atom is -0.496 e. The van der Waals surface area contributed by atoms with Gasteiger partial charge in [-0.3, -0.25) is 0 Å². The fraction of sp³-hybridized carbons (Fsp3) is 0.500. The molecule has 0 aromatic heterocycles. The number of hydrogen-bond acceptors (Lipinski definition) is 1. The number of aryl methyl sites for hydroxylation is 1. The predicted molar refractivity (Wildman–Crippen MR) is 56.6 cm³/mol. The van der Waals surface area contributed by atoms with Crippen molar-refractivity contribution in [3.8, 4) is 5.75 Å². The smallest absolute Gasteiger partial charge is 0.122 e. The van der Waals surface area contributed by atoms with E-state index in [1.807, 2.05) is 0 Å². The van der Waals surface area contributed by atoms with Crippen molar-refractivity contribution in [2.75, 3.05) is 7.11 Å². The van der Waals surface area contributed by atoms with E-state index >= 15 is 0 Å². The van der Waals surface area contributed by atoms with Crippen LogP contribution in [0.4, 0.5) is 0 Å². The molecule has 1 aromatic carbocycles. The molecule has 0 N–H and O–H groups in total. The third kappa shape index (κ3) is 1.85. The monoisotopic (exact) mass is 178 g/mol. The molecule has 72 valence electrons. The third-order valence-electron chi connectivity index (χ3n) is 2.54. The van der Waals surface area contributed by atoms with E-state index in [0.29, 0.717) is 5.92 Å². The fourth-order valence-corrected chi connectivity index (χ4v) is 1.71. The zero-order valence-electron chi connectivity index (χ0n) is 9.14. The summed E-state index contributed by atoms with van der Waals surface area (Å²) in [4.78, 5) is 0. The van der Waals surface area contributed by atoms with Crippen LogP contribution in [0.25, 0.3) is 0 Å². The SMILES string of the molecule is COc1ccc(C)c(C)c1C(C)C. The lowest BCUT2D eigenvalue weighted by atomic mass is 9.94. The maximum atomic E-state index is 5.34. The highest BCUT2D eigenvalue weighted by molar-refractivity contribution is 5.45. The molecule has 1 aromatic rings. The Labute approximate surface area is 80.7 Å². The summed E-state index contributed by atoms with van der Waals surface area (Å²) in [6.45, 7) is 8.70. The van der Waals surface area contributed by atoms with Crippen LogP contribution in [-0.4, -0.2) is 7.11 Å². The zero-order chi connectivity index (χ0) is 10.0. The van der Waals surface area contributed by atoms with E-state index in [0.717, 1.165) is 5.75 Å². The number of hydrogen-bond donors (Lipinski definition) is 0. The van der Waals surface area contributed by atoms with Crippen LogP contribution < -0.4 is 4.74 Å². The molecule has 0 atom stereocenters. The Balaban J connectivity index is 3.32. The van der Waals surface area contributed by atoms with Crippen LogP contribution in [0.1, 0.15) is 36.5 Å². The number of ether oxygens (including phenoxy) is 1. The molecule has 0 aliphatic rings. The Morgan fingerprint density at radius 2 is 1.77 bits per heavy atom. The van der Waals surface area contributed by atoms with Gasteiger partial charge >= 0.3 is 0 Å². The molecule has 0 saturated carbocycles. The van der Waals surface area contributed by atoms with Gasteiger partial charge in [0.15, 0.2) is 0 Å². The number of methoxy groups -OCH3 is 1. The Morgan fingerprint density at radius 3 is 2.23 bits per heavy atom. The molecule has 13 heavy (non-hydrogen) atoms. The van der Waals surface area contributed by atoms with E-state index in [-0.39, 0.29) is 0 Å². The normalized spacial score (nSPS) is 10.6. The second-order valence-electron chi connectivity index (χ2n) is 3.78. The molecule has 1 nitrogen and oxygen atoms in total. The summed E-state index contributed by atoms with van der Waals surface area (Å²) in [7, 11) is 1.73. The summed E-state index contributed by atoms with van der Waals surface area (Å²) in [6, 6.07) is 4.16. The van der Waals surface area contributed by atoms with Gasteiger partial charge in [-0.15, -0.1) is 0 Å². The number of benzene rings is 1. The van der Waals surface area contributed by atoms with Crippen molar-refractivity contribution in [3.63, 3.8) is 0 Å². The van der Waals surface area contributed by atoms with Gasteiger partial charge in [0, 0.05) is 0 Å². The van der Waals surface area contributed by atoms with Gasteiger partial charge in [-0.05, 0) is 42.5 Å². The van der Waals surface area contributed by atoms with Crippen molar-refractivity contribution in [2.45, 2.75) is 33.6 Å². The van der Waals surface area contributed by atoms with Gasteiger partial charge < -0.3 is 4.74 Å². The highest BCUT2D eigenvalue weighted by Crippen LogP contribution is 2.31. The Morgan fingerprint density at radius 1 is 1.15 bits per heavy atom. The van der Waals surface area contributed by atoms with Gasteiger partial charge in [0.2, 0.25) is 0 Å². The predicted octanol–water partition coefficient (Wildman–Crippen LogP) is 3.44. The molecule has 0 bridgehead atoms.